The van der Waals surface area contributed by atoms with Crippen LogP contribution >= 0.6 is 21.3 Å². The van der Waals surface area contributed by atoms with Gasteiger partial charge in [0.1, 0.15) is 26.8 Å². The molecule has 1 aromatic carbocycles. The number of rotatable bonds is 4. The molecule has 0 saturated carbocycles. The number of urea groups is 1. The first-order valence-electron chi connectivity index (χ1n) is 9.88. The van der Waals surface area contributed by atoms with Crippen LogP contribution in [0.1, 0.15) is 6.92 Å². The Kier molecular flexibility index (Phi) is 5.00. The lowest BCUT2D eigenvalue weighted by Gasteiger charge is -2.16. The molecule has 0 saturated heterocycles. The number of nitrogens with zero attached hydrogens (tertiary/aromatic N) is 6. The van der Waals surface area contributed by atoms with Crippen LogP contribution in [0.15, 0.2) is 44.6 Å². The van der Waals surface area contributed by atoms with Crippen LogP contribution in [0.2, 0.25) is 0 Å². The summed E-state index contributed by atoms with van der Waals surface area (Å²) in [5.74, 6) is 1.02. The molecule has 0 fully saturated rings. The third-order valence-corrected chi connectivity index (χ3v) is 6.92. The average Bonchev–Trinajstić information content (AvgIpc) is 3.50. The minimum absolute atomic E-state index is 0.120. The largest absolute Gasteiger partial charge is 0.338 e. The van der Waals surface area contributed by atoms with E-state index in [1.165, 1.54) is 0 Å². The van der Waals surface area contributed by atoms with Crippen molar-refractivity contribution in [3.63, 3.8) is 0 Å². The first kappa shape index (κ1) is 20.4. The van der Waals surface area contributed by atoms with Crippen LogP contribution in [0, 0.1) is 0 Å². The molecule has 3 aromatic heterocycles. The molecule has 0 radical (unpaired) electrons. The zero-order valence-corrected chi connectivity index (χ0v) is 19.7. The van der Waals surface area contributed by atoms with Crippen molar-refractivity contribution >= 4 is 55.8 Å². The van der Waals surface area contributed by atoms with E-state index in [2.05, 4.69) is 32.0 Å². The van der Waals surface area contributed by atoms with E-state index in [0.717, 1.165) is 22.5 Å². The molecule has 0 bridgehead atoms. The van der Waals surface area contributed by atoms with Gasteiger partial charge in [-0.05, 0) is 30.7 Å². The number of benzene rings is 1. The highest BCUT2D eigenvalue weighted by atomic mass is 127. The van der Waals surface area contributed by atoms with Crippen molar-refractivity contribution in [3.05, 3.63) is 47.0 Å². The fourth-order valence-electron chi connectivity index (χ4n) is 3.64. The van der Waals surface area contributed by atoms with Crippen molar-refractivity contribution in [3.8, 4) is 16.8 Å². The number of carbonyl (C=O) groups excluding carboxylic acids is 1. The van der Waals surface area contributed by atoms with Gasteiger partial charge in [0.05, 0.1) is 16.9 Å². The lowest BCUT2D eigenvalue weighted by Crippen LogP contribution is -2.28. The Balaban J connectivity index is 1.72. The normalized spacial score (nSPS) is 12.7. The Morgan fingerprint density at radius 2 is 2.09 bits per heavy atom. The number of nitrogens with one attached hydrogen (secondary N) is 3. The minimum Gasteiger partial charge on any atom is -0.338 e. The summed E-state index contributed by atoms with van der Waals surface area (Å²) in [6.07, 6.45) is 3.51. The molecule has 4 heterocycles. The number of imidazole rings is 1. The predicted octanol–water partition coefficient (Wildman–Crippen LogP) is 3.41. The highest BCUT2D eigenvalue weighted by molar-refractivity contribution is 14.2. The predicted molar refractivity (Wildman–Crippen MR) is 131 cm³/mol. The van der Waals surface area contributed by atoms with Crippen LogP contribution in [0.4, 0.5) is 22.2 Å². The number of fused-ring (bicyclic) bond motifs is 2. The van der Waals surface area contributed by atoms with Crippen molar-refractivity contribution in [2.45, 2.75) is 6.92 Å². The molecule has 1 aliphatic rings. The number of amides is 2. The van der Waals surface area contributed by atoms with Crippen LogP contribution < -0.4 is 19.3 Å². The second kappa shape index (κ2) is 7.85. The Hall–Kier alpha value is -3.55. The zero-order chi connectivity index (χ0) is 22.4. The van der Waals surface area contributed by atoms with Gasteiger partial charge in [0, 0.05) is 44.7 Å². The van der Waals surface area contributed by atoms with Gasteiger partial charge in [-0.15, -0.1) is 0 Å². The standard InChI is InChI=1S/C20H20IN9O2/c1-4-22-20(32)26-19-24-13-8-11(9-14(16(13)25-19)30-7-5-6-23-30)12-10-15(31)28(2)18-17(12)29(3)21-27-18/h5-10H,4H2,1-3H3,(H3,22,24,25,26,32). The van der Waals surface area contributed by atoms with E-state index in [1.54, 1.807) is 28.6 Å². The average molecular weight is 545 g/mol. The highest BCUT2D eigenvalue weighted by Gasteiger charge is 2.24. The molecule has 5 rings (SSSR count). The number of hydrogen-bond acceptors (Lipinski definition) is 6. The molecular formula is C20H20IN9O2. The van der Waals surface area contributed by atoms with Crippen LogP contribution in [0.5, 0.6) is 0 Å². The first-order valence-corrected chi connectivity index (χ1v) is 11.8. The Morgan fingerprint density at radius 1 is 1.25 bits per heavy atom. The lowest BCUT2D eigenvalue weighted by molar-refractivity contribution is 0.252. The quantitative estimate of drug-likeness (QED) is 0.268. The zero-order valence-electron chi connectivity index (χ0n) is 17.5. The molecule has 1 aliphatic heterocycles. The summed E-state index contributed by atoms with van der Waals surface area (Å²) in [5, 5.41) is 9.76. The maximum atomic E-state index is 12.6. The number of anilines is 2. The topological polar surface area (TPSA) is 125 Å². The highest BCUT2D eigenvalue weighted by Crippen LogP contribution is 2.46. The van der Waals surface area contributed by atoms with Gasteiger partial charge < -0.3 is 13.4 Å². The van der Waals surface area contributed by atoms with Crippen molar-refractivity contribution in [1.82, 2.24) is 29.6 Å². The van der Waals surface area contributed by atoms with E-state index in [4.69, 9.17) is 0 Å². The maximum absolute atomic E-state index is 12.6. The summed E-state index contributed by atoms with van der Waals surface area (Å²) in [6, 6.07) is 7.00. The van der Waals surface area contributed by atoms with Crippen LogP contribution in [-0.2, 0) is 7.05 Å². The van der Waals surface area contributed by atoms with E-state index >= 15 is 0 Å². The van der Waals surface area contributed by atoms with Crippen molar-refractivity contribution in [1.29, 1.82) is 0 Å². The van der Waals surface area contributed by atoms with E-state index in [-0.39, 0.29) is 11.6 Å². The molecule has 0 aliphatic carbocycles. The SMILES string of the molecule is CCNC(=O)Nc1nc2c(-n3cccn3)cc(-c3cc(=O)n(C)c4c3N(C)I=N4)cc2[nH]1. The van der Waals surface area contributed by atoms with Gasteiger partial charge in [-0.2, -0.15) is 8.24 Å². The van der Waals surface area contributed by atoms with Gasteiger partial charge in [-0.1, -0.05) is 0 Å². The molecule has 0 atom stereocenters. The number of pyridine rings is 1. The minimum atomic E-state index is -0.572. The lowest BCUT2D eigenvalue weighted by atomic mass is 10.0. The van der Waals surface area contributed by atoms with E-state index in [1.807, 2.05) is 38.4 Å². The number of halogens is 1. The molecule has 2 amide bonds. The van der Waals surface area contributed by atoms with Crippen molar-refractivity contribution in [2.75, 3.05) is 22.0 Å². The third-order valence-electron chi connectivity index (χ3n) is 5.12. The Morgan fingerprint density at radius 3 is 2.84 bits per heavy atom. The van der Waals surface area contributed by atoms with Crippen LogP contribution in [0.3, 0.4) is 0 Å². The second-order valence-corrected chi connectivity index (χ2v) is 9.54. The molecule has 12 heteroatoms. The molecule has 0 spiro atoms. The summed E-state index contributed by atoms with van der Waals surface area (Å²) in [6.45, 7) is 2.35. The number of hydrogen-bond donors (Lipinski definition) is 3. The Bertz CT molecular complexity index is 1440. The van der Waals surface area contributed by atoms with E-state index < -0.39 is 21.3 Å². The van der Waals surface area contributed by atoms with Gasteiger partial charge in [0.25, 0.3) is 5.56 Å². The fraction of sp³-hybridized carbons (Fsp3) is 0.200. The number of carbonyl (C=O) groups is 1. The fourth-order valence-corrected chi connectivity index (χ4v) is 5.41. The summed E-state index contributed by atoms with van der Waals surface area (Å²) in [4.78, 5) is 32.4. The van der Waals surface area contributed by atoms with Crippen LogP contribution in [-0.4, -0.2) is 43.9 Å². The number of aromatic amines is 1. The summed E-state index contributed by atoms with van der Waals surface area (Å²) in [7, 11) is 3.73. The molecule has 0 unspecified atom stereocenters. The summed E-state index contributed by atoms with van der Waals surface area (Å²) < 4.78 is 10.0. The molecule has 4 aromatic rings. The van der Waals surface area contributed by atoms with Gasteiger partial charge in [-0.25, -0.2) is 14.5 Å². The van der Waals surface area contributed by atoms with Crippen molar-refractivity contribution in [2.24, 2.45) is 10.2 Å². The smallest absolute Gasteiger partial charge is 0.321 e. The maximum Gasteiger partial charge on any atom is 0.321 e. The van der Waals surface area contributed by atoms with E-state index in [9.17, 15) is 9.59 Å². The number of aromatic nitrogens is 5. The molecule has 3 N–H and O–H groups in total. The third kappa shape index (κ3) is 3.36. The van der Waals surface area contributed by atoms with E-state index in [0.29, 0.717) is 29.3 Å². The van der Waals surface area contributed by atoms with Crippen molar-refractivity contribution < 1.29 is 4.79 Å². The summed E-state index contributed by atoms with van der Waals surface area (Å²) in [5.41, 5.74) is 4.53. The summed E-state index contributed by atoms with van der Waals surface area (Å²) >= 11 is -0.572. The van der Waals surface area contributed by atoms with Gasteiger partial charge in [-0.3, -0.25) is 14.7 Å². The van der Waals surface area contributed by atoms with Gasteiger partial charge in [0.15, 0.2) is 5.82 Å². The Labute approximate surface area is 193 Å². The molecule has 11 nitrogen and oxygen atoms in total. The second-order valence-electron chi connectivity index (χ2n) is 7.18. The molecule has 32 heavy (non-hydrogen) atoms. The number of H-pyrrole nitrogens is 1. The van der Waals surface area contributed by atoms with Gasteiger partial charge >= 0.3 is 6.03 Å². The monoisotopic (exact) mass is 545 g/mol. The van der Waals surface area contributed by atoms with Gasteiger partial charge in [0.2, 0.25) is 5.95 Å². The van der Waals surface area contributed by atoms with Crippen LogP contribution in [0.25, 0.3) is 27.8 Å². The molecule has 164 valence electrons. The first-order chi connectivity index (χ1) is 15.5. The molecular weight excluding hydrogens is 525 g/mol.